The van der Waals surface area contributed by atoms with Crippen LogP contribution < -0.4 is 0 Å². The van der Waals surface area contributed by atoms with Gasteiger partial charge in [0.1, 0.15) is 0 Å². The summed E-state index contributed by atoms with van der Waals surface area (Å²) in [4.78, 5) is 16.0. The molecule has 1 amide bonds. The minimum atomic E-state index is 0.0139. The number of carbonyl (C=O) groups excluding carboxylic acids is 1. The summed E-state index contributed by atoms with van der Waals surface area (Å²) in [6.45, 7) is 0.854. The molecule has 2 saturated heterocycles. The van der Waals surface area contributed by atoms with Gasteiger partial charge in [0.05, 0.1) is 11.9 Å². The van der Waals surface area contributed by atoms with Crippen LogP contribution in [0.25, 0.3) is 5.69 Å². The molecule has 3 heterocycles. The van der Waals surface area contributed by atoms with Gasteiger partial charge in [-0.15, -0.1) is 5.10 Å². The molecule has 0 spiro atoms. The van der Waals surface area contributed by atoms with E-state index < -0.39 is 0 Å². The van der Waals surface area contributed by atoms with E-state index in [-0.39, 0.29) is 5.91 Å². The highest BCUT2D eigenvalue weighted by atomic mass is 32.2. The van der Waals surface area contributed by atoms with Gasteiger partial charge in [0.15, 0.2) is 5.69 Å². The fraction of sp³-hybridized carbons (Fsp3) is 0.357. The van der Waals surface area contributed by atoms with Gasteiger partial charge in [0.25, 0.3) is 5.91 Å². The Bertz CT molecular complexity index is 642. The fourth-order valence-corrected chi connectivity index (χ4v) is 4.28. The first kappa shape index (κ1) is 12.0. The summed E-state index contributed by atoms with van der Waals surface area (Å²) in [5.41, 5.74) is 1.30. The van der Waals surface area contributed by atoms with E-state index in [9.17, 15) is 4.79 Å². The molecular formula is C14H14N4OS. The zero-order valence-corrected chi connectivity index (χ0v) is 11.7. The van der Waals surface area contributed by atoms with Crippen molar-refractivity contribution in [3.8, 4) is 5.69 Å². The largest absolute Gasteiger partial charge is 0.332 e. The Kier molecular flexibility index (Phi) is 2.77. The average molecular weight is 286 g/mol. The van der Waals surface area contributed by atoms with Crippen molar-refractivity contribution in [3.63, 3.8) is 0 Å². The second kappa shape index (κ2) is 4.63. The van der Waals surface area contributed by atoms with E-state index >= 15 is 0 Å². The van der Waals surface area contributed by atoms with Crippen molar-refractivity contribution in [3.05, 3.63) is 42.2 Å². The van der Waals surface area contributed by atoms with Crippen molar-refractivity contribution in [1.29, 1.82) is 0 Å². The summed E-state index contributed by atoms with van der Waals surface area (Å²) < 4.78 is 0. The highest BCUT2D eigenvalue weighted by molar-refractivity contribution is 8.00. The van der Waals surface area contributed by atoms with E-state index in [1.54, 1.807) is 6.20 Å². The predicted molar refractivity (Wildman–Crippen MR) is 77.0 cm³/mol. The fourth-order valence-electron chi connectivity index (χ4n) is 2.84. The molecule has 2 atom stereocenters. The van der Waals surface area contributed by atoms with Crippen molar-refractivity contribution in [2.45, 2.75) is 17.7 Å². The van der Waals surface area contributed by atoms with Gasteiger partial charge < -0.3 is 4.90 Å². The van der Waals surface area contributed by atoms with Gasteiger partial charge in [-0.2, -0.15) is 21.7 Å². The lowest BCUT2D eigenvalue weighted by Gasteiger charge is -2.25. The third-order valence-corrected chi connectivity index (χ3v) is 5.25. The molecule has 2 aromatic rings. The van der Waals surface area contributed by atoms with Crippen molar-refractivity contribution in [1.82, 2.24) is 19.9 Å². The molecular weight excluding hydrogens is 272 g/mol. The Balaban J connectivity index is 1.58. The van der Waals surface area contributed by atoms with Crippen LogP contribution in [0.4, 0.5) is 0 Å². The second-order valence-electron chi connectivity index (χ2n) is 5.16. The average Bonchev–Trinajstić information content (AvgIpc) is 3.23. The molecule has 5 nitrogen and oxygen atoms in total. The summed E-state index contributed by atoms with van der Waals surface area (Å²) in [5.74, 6) is 1.07. The van der Waals surface area contributed by atoms with Crippen molar-refractivity contribution in [2.75, 3.05) is 12.3 Å². The molecule has 1 aromatic heterocycles. The van der Waals surface area contributed by atoms with Crippen LogP contribution in [0.3, 0.4) is 0 Å². The Labute approximate surface area is 121 Å². The van der Waals surface area contributed by atoms with E-state index in [0.717, 1.165) is 24.4 Å². The molecule has 102 valence electrons. The van der Waals surface area contributed by atoms with E-state index in [1.807, 2.05) is 47.0 Å². The van der Waals surface area contributed by atoms with Crippen molar-refractivity contribution >= 4 is 17.7 Å². The Hall–Kier alpha value is -1.82. The number of nitrogens with zero attached hydrogens (tertiary/aromatic N) is 4. The van der Waals surface area contributed by atoms with Gasteiger partial charge in [-0.3, -0.25) is 4.79 Å². The summed E-state index contributed by atoms with van der Waals surface area (Å²) in [7, 11) is 0. The number of aromatic nitrogens is 3. The van der Waals surface area contributed by atoms with E-state index in [1.165, 1.54) is 4.80 Å². The van der Waals surface area contributed by atoms with Gasteiger partial charge in [-0.25, -0.2) is 0 Å². The summed E-state index contributed by atoms with van der Waals surface area (Å²) >= 11 is 1.98. The first-order valence-electron chi connectivity index (χ1n) is 6.71. The first-order chi connectivity index (χ1) is 9.81. The number of likely N-dealkylation sites (tertiary alicyclic amines) is 1. The lowest BCUT2D eigenvalue weighted by molar-refractivity contribution is 0.0741. The van der Waals surface area contributed by atoms with E-state index in [4.69, 9.17) is 0 Å². The number of amides is 1. The minimum absolute atomic E-state index is 0.0139. The molecule has 6 heteroatoms. The van der Waals surface area contributed by atoms with Gasteiger partial charge in [0.2, 0.25) is 0 Å². The van der Waals surface area contributed by atoms with E-state index in [2.05, 4.69) is 10.2 Å². The Morgan fingerprint density at radius 1 is 1.30 bits per heavy atom. The number of benzene rings is 1. The molecule has 2 unspecified atom stereocenters. The van der Waals surface area contributed by atoms with Crippen LogP contribution >= 0.6 is 11.8 Å². The van der Waals surface area contributed by atoms with Crippen LogP contribution in [-0.2, 0) is 0 Å². The van der Waals surface area contributed by atoms with Crippen LogP contribution in [0.2, 0.25) is 0 Å². The maximum Gasteiger partial charge on any atom is 0.276 e. The molecule has 0 radical (unpaired) electrons. The van der Waals surface area contributed by atoms with Gasteiger partial charge >= 0.3 is 0 Å². The highest BCUT2D eigenvalue weighted by Crippen LogP contribution is 2.37. The maximum atomic E-state index is 12.5. The number of hydrogen-bond acceptors (Lipinski definition) is 4. The molecule has 2 bridgehead atoms. The third kappa shape index (κ3) is 1.91. The van der Waals surface area contributed by atoms with Crippen molar-refractivity contribution in [2.24, 2.45) is 0 Å². The summed E-state index contributed by atoms with van der Waals surface area (Å²) in [5, 5.41) is 9.13. The standard InChI is InChI=1S/C14H14N4OS/c19-14(17-8-12-6-11(17)9-20-12)13-7-15-18(16-13)10-4-2-1-3-5-10/h1-5,7,11-12H,6,8-9H2. The maximum absolute atomic E-state index is 12.5. The molecule has 0 saturated carbocycles. The highest BCUT2D eigenvalue weighted by Gasteiger charge is 2.41. The number of thioether (sulfide) groups is 1. The van der Waals surface area contributed by atoms with Crippen LogP contribution in [0.15, 0.2) is 36.5 Å². The number of rotatable bonds is 2. The zero-order chi connectivity index (χ0) is 13.5. The van der Waals surface area contributed by atoms with Crippen LogP contribution in [0.5, 0.6) is 0 Å². The van der Waals surface area contributed by atoms with Crippen molar-refractivity contribution < 1.29 is 4.79 Å². The van der Waals surface area contributed by atoms with Crippen LogP contribution in [0, 0.1) is 0 Å². The molecule has 1 aromatic carbocycles. The molecule has 4 rings (SSSR count). The van der Waals surface area contributed by atoms with Gasteiger partial charge in [-0.05, 0) is 18.6 Å². The molecule has 2 aliphatic rings. The topological polar surface area (TPSA) is 51.0 Å². The molecule has 0 N–H and O–H groups in total. The number of hydrogen-bond donors (Lipinski definition) is 0. The number of carbonyl (C=O) groups is 1. The molecule has 20 heavy (non-hydrogen) atoms. The lowest BCUT2D eigenvalue weighted by atomic mass is 10.2. The number of para-hydroxylation sites is 1. The Morgan fingerprint density at radius 2 is 2.15 bits per heavy atom. The van der Waals surface area contributed by atoms with Gasteiger partial charge in [-0.1, -0.05) is 18.2 Å². The monoisotopic (exact) mass is 286 g/mol. The van der Waals surface area contributed by atoms with Gasteiger partial charge in [0, 0.05) is 23.6 Å². The van der Waals surface area contributed by atoms with E-state index in [0.29, 0.717) is 17.0 Å². The smallest absolute Gasteiger partial charge is 0.276 e. The lowest BCUT2D eigenvalue weighted by Crippen LogP contribution is -2.39. The summed E-state index contributed by atoms with van der Waals surface area (Å²) in [6.07, 6.45) is 2.69. The first-order valence-corrected chi connectivity index (χ1v) is 7.76. The normalized spacial score (nSPS) is 24.3. The minimum Gasteiger partial charge on any atom is -0.332 e. The predicted octanol–water partition coefficient (Wildman–Crippen LogP) is 1.60. The van der Waals surface area contributed by atoms with Crippen LogP contribution in [0.1, 0.15) is 16.9 Å². The SMILES string of the molecule is O=C(c1cnn(-c2ccccc2)n1)N1CC2CC1CS2. The quantitative estimate of drug-likeness (QED) is 0.841. The third-order valence-electron chi connectivity index (χ3n) is 3.86. The summed E-state index contributed by atoms with van der Waals surface area (Å²) in [6, 6.07) is 10.0. The number of fused-ring (bicyclic) bond motifs is 2. The Morgan fingerprint density at radius 3 is 2.85 bits per heavy atom. The molecule has 0 aliphatic carbocycles. The molecule has 2 aliphatic heterocycles. The second-order valence-corrected chi connectivity index (χ2v) is 6.49. The zero-order valence-electron chi connectivity index (χ0n) is 10.8. The molecule has 2 fully saturated rings. The van der Waals surface area contributed by atoms with Crippen LogP contribution in [-0.4, -0.2) is 49.4 Å².